The Morgan fingerprint density at radius 3 is 2.74 bits per heavy atom. The van der Waals surface area contributed by atoms with E-state index in [-0.39, 0.29) is 23.8 Å². The highest BCUT2D eigenvalue weighted by molar-refractivity contribution is 7.07. The smallest absolute Gasteiger partial charge is 0.338 e. The van der Waals surface area contributed by atoms with Crippen LogP contribution in [0, 0.1) is 5.82 Å². The minimum Gasteiger partial charge on any atom is -0.484 e. The van der Waals surface area contributed by atoms with Crippen LogP contribution in [0.1, 0.15) is 37.0 Å². The summed E-state index contributed by atoms with van der Waals surface area (Å²) >= 11 is 7.22. The van der Waals surface area contributed by atoms with E-state index < -0.39 is 17.8 Å². The number of aromatic nitrogens is 1. The minimum atomic E-state index is -0.672. The molecule has 0 fully saturated rings. The number of benzene rings is 2. The van der Waals surface area contributed by atoms with Crippen molar-refractivity contribution in [2.75, 3.05) is 6.61 Å². The second kappa shape index (κ2) is 10.8. The first-order valence-corrected chi connectivity index (χ1v) is 13.0. The molecule has 0 bridgehead atoms. The zero-order chi connectivity index (χ0) is 26.8. The van der Waals surface area contributed by atoms with Gasteiger partial charge in [-0.25, -0.2) is 14.2 Å². The van der Waals surface area contributed by atoms with Gasteiger partial charge < -0.3 is 13.9 Å². The van der Waals surface area contributed by atoms with E-state index in [0.29, 0.717) is 37.9 Å². The van der Waals surface area contributed by atoms with Gasteiger partial charge in [-0.05, 0) is 49.7 Å². The summed E-state index contributed by atoms with van der Waals surface area (Å²) in [6.07, 6.45) is 1.63. The number of furan rings is 1. The van der Waals surface area contributed by atoms with Crippen molar-refractivity contribution in [1.29, 1.82) is 0 Å². The van der Waals surface area contributed by atoms with Crippen molar-refractivity contribution in [3.63, 3.8) is 0 Å². The Bertz CT molecular complexity index is 1720. The molecule has 0 amide bonds. The summed E-state index contributed by atoms with van der Waals surface area (Å²) in [5, 5.41) is 0.156. The largest absolute Gasteiger partial charge is 0.484 e. The third-order valence-corrected chi connectivity index (χ3v) is 7.13. The zero-order valence-electron chi connectivity index (χ0n) is 20.4. The highest BCUT2D eigenvalue weighted by Gasteiger charge is 2.33. The number of carbonyl (C=O) groups excluding carboxylic acids is 1. The van der Waals surface area contributed by atoms with E-state index in [1.54, 1.807) is 32.1 Å². The maximum Gasteiger partial charge on any atom is 0.338 e. The van der Waals surface area contributed by atoms with Gasteiger partial charge >= 0.3 is 5.97 Å². The first-order valence-electron chi connectivity index (χ1n) is 11.8. The molecule has 1 aliphatic rings. The predicted molar refractivity (Wildman–Crippen MR) is 141 cm³/mol. The number of fused-ring (bicyclic) bond motifs is 1. The van der Waals surface area contributed by atoms with E-state index in [1.165, 1.54) is 34.1 Å². The molecule has 3 heterocycles. The van der Waals surface area contributed by atoms with Gasteiger partial charge in [-0.1, -0.05) is 53.3 Å². The number of ether oxygens (including phenoxy) is 2. The molecule has 194 valence electrons. The number of hydrogen-bond donors (Lipinski definition) is 0. The van der Waals surface area contributed by atoms with Gasteiger partial charge in [0.1, 0.15) is 29.7 Å². The zero-order valence-corrected chi connectivity index (χ0v) is 22.0. The van der Waals surface area contributed by atoms with Gasteiger partial charge in [-0.15, -0.1) is 0 Å². The standard InChI is InChI=1S/C28H22ClFN2O5S/c1-3-35-27(34)24-16(2)31-28-32(25(24)17-7-5-4-6-8-17)26(33)23(38-28)14-19-10-11-20(37-19)15-36-22-12-9-18(30)13-21(22)29/h4-14,25H,3,15H2,1-2H3/b23-14-/t25-/m0/s1. The molecular formula is C28H22ClFN2O5S. The van der Waals surface area contributed by atoms with E-state index in [0.717, 1.165) is 5.56 Å². The number of allylic oxidation sites excluding steroid dienone is 1. The number of rotatable bonds is 7. The molecule has 2 aromatic heterocycles. The highest BCUT2D eigenvalue weighted by Crippen LogP contribution is 2.30. The Balaban J connectivity index is 1.49. The molecule has 5 rings (SSSR count). The third kappa shape index (κ3) is 5.07. The van der Waals surface area contributed by atoms with Crippen LogP contribution in [0.25, 0.3) is 6.08 Å². The first-order chi connectivity index (χ1) is 18.4. The van der Waals surface area contributed by atoms with Gasteiger partial charge in [0.15, 0.2) is 4.80 Å². The number of carbonyl (C=O) groups is 1. The van der Waals surface area contributed by atoms with E-state index in [9.17, 15) is 14.0 Å². The van der Waals surface area contributed by atoms with Gasteiger partial charge in [0.25, 0.3) is 5.56 Å². The average molecular weight is 553 g/mol. The highest BCUT2D eigenvalue weighted by atomic mass is 35.5. The van der Waals surface area contributed by atoms with E-state index >= 15 is 0 Å². The fourth-order valence-corrected chi connectivity index (χ4v) is 5.41. The van der Waals surface area contributed by atoms with Crippen molar-refractivity contribution in [2.45, 2.75) is 26.5 Å². The fourth-order valence-electron chi connectivity index (χ4n) is 4.16. The number of esters is 1. The summed E-state index contributed by atoms with van der Waals surface area (Å²) in [4.78, 5) is 31.6. The molecule has 0 aliphatic carbocycles. The van der Waals surface area contributed by atoms with Crippen LogP contribution in [0.5, 0.6) is 5.75 Å². The van der Waals surface area contributed by atoms with Crippen molar-refractivity contribution in [3.05, 3.63) is 120 Å². The lowest BCUT2D eigenvalue weighted by Gasteiger charge is -2.24. The quantitative estimate of drug-likeness (QED) is 0.309. The normalized spacial score (nSPS) is 15.3. The SMILES string of the molecule is CCOC(=O)C1=C(C)N=c2s/c(=C\c3ccc(COc4ccc(F)cc4Cl)o3)c(=O)n2[C@H]1c1ccccc1. The molecule has 0 saturated heterocycles. The average Bonchev–Trinajstić information content (AvgIpc) is 3.47. The summed E-state index contributed by atoms with van der Waals surface area (Å²) in [6, 6.07) is 15.9. The lowest BCUT2D eigenvalue weighted by Crippen LogP contribution is -2.39. The summed E-state index contributed by atoms with van der Waals surface area (Å²) < 4.78 is 31.9. The topological polar surface area (TPSA) is 83.0 Å². The number of hydrogen-bond acceptors (Lipinski definition) is 7. The Kier molecular flexibility index (Phi) is 7.31. The predicted octanol–water partition coefficient (Wildman–Crippen LogP) is 4.76. The van der Waals surface area contributed by atoms with Crippen LogP contribution in [0.15, 0.2) is 86.1 Å². The van der Waals surface area contributed by atoms with Crippen LogP contribution < -0.4 is 19.6 Å². The van der Waals surface area contributed by atoms with Gasteiger partial charge in [0, 0.05) is 6.08 Å². The minimum absolute atomic E-state index is 0.0660. The van der Waals surface area contributed by atoms with E-state index in [4.69, 9.17) is 25.5 Å². The molecule has 1 aliphatic heterocycles. The van der Waals surface area contributed by atoms with Crippen molar-refractivity contribution in [2.24, 2.45) is 4.99 Å². The Hall–Kier alpha value is -3.95. The number of thiazole rings is 1. The summed E-state index contributed by atoms with van der Waals surface area (Å²) in [5.74, 6) is 0.300. The molecule has 2 aromatic carbocycles. The molecule has 1 atom stereocenters. The summed E-state index contributed by atoms with van der Waals surface area (Å²) in [7, 11) is 0. The van der Waals surface area contributed by atoms with Gasteiger partial charge in [0.2, 0.25) is 0 Å². The Labute approximate surface area is 225 Å². The third-order valence-electron chi connectivity index (χ3n) is 5.85. The molecule has 4 aromatic rings. The van der Waals surface area contributed by atoms with E-state index in [1.807, 2.05) is 30.3 Å². The van der Waals surface area contributed by atoms with Crippen molar-refractivity contribution in [1.82, 2.24) is 4.57 Å². The maximum absolute atomic E-state index is 13.6. The molecule has 0 radical (unpaired) electrons. The van der Waals surface area contributed by atoms with Gasteiger partial charge in [-0.3, -0.25) is 9.36 Å². The Morgan fingerprint density at radius 1 is 1.21 bits per heavy atom. The van der Waals surface area contributed by atoms with E-state index in [2.05, 4.69) is 4.99 Å². The molecule has 0 saturated carbocycles. The molecule has 0 spiro atoms. The van der Waals surface area contributed by atoms with Crippen LogP contribution in [0.3, 0.4) is 0 Å². The first kappa shape index (κ1) is 25.7. The van der Waals surface area contributed by atoms with Crippen molar-refractivity contribution < 1.29 is 23.1 Å². The van der Waals surface area contributed by atoms with Crippen LogP contribution in [-0.4, -0.2) is 17.1 Å². The molecule has 0 unspecified atom stereocenters. The summed E-state index contributed by atoms with van der Waals surface area (Å²) in [5.41, 5.74) is 1.30. The van der Waals surface area contributed by atoms with Crippen molar-refractivity contribution >= 4 is 35.0 Å². The molecule has 10 heteroatoms. The second-order valence-electron chi connectivity index (χ2n) is 8.38. The maximum atomic E-state index is 13.6. The Morgan fingerprint density at radius 2 is 2.00 bits per heavy atom. The monoisotopic (exact) mass is 552 g/mol. The van der Waals surface area contributed by atoms with Crippen LogP contribution in [0.4, 0.5) is 4.39 Å². The van der Waals surface area contributed by atoms with Crippen LogP contribution >= 0.6 is 22.9 Å². The number of nitrogens with zero attached hydrogens (tertiary/aromatic N) is 2. The van der Waals surface area contributed by atoms with Crippen LogP contribution in [-0.2, 0) is 16.1 Å². The lowest BCUT2D eigenvalue weighted by atomic mass is 9.96. The summed E-state index contributed by atoms with van der Waals surface area (Å²) in [6.45, 7) is 3.75. The molecular weight excluding hydrogens is 531 g/mol. The lowest BCUT2D eigenvalue weighted by molar-refractivity contribution is -0.139. The van der Waals surface area contributed by atoms with Gasteiger partial charge in [0.05, 0.1) is 33.5 Å². The molecule has 7 nitrogen and oxygen atoms in total. The number of halogens is 2. The van der Waals surface area contributed by atoms with Crippen LogP contribution in [0.2, 0.25) is 5.02 Å². The van der Waals surface area contributed by atoms with Gasteiger partial charge in [-0.2, -0.15) is 0 Å². The molecule has 38 heavy (non-hydrogen) atoms. The molecule has 0 N–H and O–H groups in total. The second-order valence-corrected chi connectivity index (χ2v) is 9.80. The van der Waals surface area contributed by atoms with Crippen molar-refractivity contribution in [3.8, 4) is 5.75 Å². The fraction of sp³-hybridized carbons (Fsp3) is 0.179.